The molecule has 1 unspecified atom stereocenters. The summed E-state index contributed by atoms with van der Waals surface area (Å²) >= 11 is 0. The Morgan fingerprint density at radius 3 is 3.00 bits per heavy atom. The van der Waals surface area contributed by atoms with Crippen molar-refractivity contribution in [2.24, 2.45) is 0 Å². The van der Waals surface area contributed by atoms with Gasteiger partial charge in [0.15, 0.2) is 0 Å². The van der Waals surface area contributed by atoms with Crippen molar-refractivity contribution >= 4 is 11.8 Å². The lowest BCUT2D eigenvalue weighted by Gasteiger charge is -2.33. The zero-order valence-electron chi connectivity index (χ0n) is 14.7. The van der Waals surface area contributed by atoms with Crippen molar-refractivity contribution in [1.29, 1.82) is 0 Å². The normalized spacial score (nSPS) is 21.4. The number of amides is 2. The second-order valence-corrected chi connectivity index (χ2v) is 6.62. The molecule has 0 spiro atoms. The van der Waals surface area contributed by atoms with Crippen LogP contribution in [0.1, 0.15) is 36.2 Å². The van der Waals surface area contributed by atoms with E-state index in [2.05, 4.69) is 15.2 Å². The number of nitrogens with one attached hydrogen (secondary N) is 1. The number of likely N-dealkylation sites (tertiary alicyclic amines) is 2. The molecule has 3 heterocycles. The second-order valence-electron chi connectivity index (χ2n) is 6.62. The fourth-order valence-corrected chi connectivity index (χ4v) is 3.44. The minimum absolute atomic E-state index is 0.1000. The summed E-state index contributed by atoms with van der Waals surface area (Å²) in [5, 5.41) is 2.57. The Morgan fingerprint density at radius 2 is 2.24 bits per heavy atom. The van der Waals surface area contributed by atoms with Gasteiger partial charge in [-0.05, 0) is 31.9 Å². The Morgan fingerprint density at radius 1 is 1.36 bits per heavy atom. The van der Waals surface area contributed by atoms with Crippen LogP contribution in [-0.2, 0) is 4.79 Å². The maximum Gasteiger partial charge on any atom is 0.269 e. The molecule has 2 saturated heterocycles. The average Bonchev–Trinajstić information content (AvgIpc) is 3.05. The number of ether oxygens (including phenoxy) is 1. The lowest BCUT2D eigenvalue weighted by Crippen LogP contribution is -2.44. The molecule has 25 heavy (non-hydrogen) atoms. The maximum atomic E-state index is 11.7. The molecule has 0 aliphatic carbocycles. The van der Waals surface area contributed by atoms with Crippen molar-refractivity contribution in [3.05, 3.63) is 24.0 Å². The Kier molecular flexibility index (Phi) is 5.86. The Balaban J connectivity index is 1.51. The zero-order valence-corrected chi connectivity index (χ0v) is 14.7. The Bertz CT molecular complexity index is 622. The lowest BCUT2D eigenvalue weighted by atomic mass is 10.1. The van der Waals surface area contributed by atoms with E-state index >= 15 is 0 Å². The van der Waals surface area contributed by atoms with Gasteiger partial charge >= 0.3 is 0 Å². The summed E-state index contributed by atoms with van der Waals surface area (Å²) in [6.45, 7) is 4.49. The highest BCUT2D eigenvalue weighted by molar-refractivity contribution is 5.92. The van der Waals surface area contributed by atoms with Crippen LogP contribution < -0.4 is 10.1 Å². The number of carbonyl (C=O) groups excluding carboxylic acids is 2. The van der Waals surface area contributed by atoms with Crippen molar-refractivity contribution in [3.63, 3.8) is 0 Å². The smallest absolute Gasteiger partial charge is 0.269 e. The number of aromatic nitrogens is 1. The summed E-state index contributed by atoms with van der Waals surface area (Å²) in [7, 11) is 1.58. The summed E-state index contributed by atoms with van der Waals surface area (Å²) in [6, 6.07) is 3.47. The second kappa shape index (κ2) is 8.29. The predicted molar refractivity (Wildman–Crippen MR) is 93.5 cm³/mol. The number of rotatable bonds is 6. The molecule has 2 aliphatic heterocycles. The van der Waals surface area contributed by atoms with E-state index < -0.39 is 0 Å². The molecule has 1 aromatic heterocycles. The maximum absolute atomic E-state index is 11.7. The number of hydrogen-bond donors (Lipinski definition) is 1. The lowest BCUT2D eigenvalue weighted by molar-refractivity contribution is -0.127. The average molecular weight is 346 g/mol. The van der Waals surface area contributed by atoms with E-state index in [-0.39, 0.29) is 17.9 Å². The number of pyridine rings is 1. The third-order valence-corrected chi connectivity index (χ3v) is 4.81. The fourth-order valence-electron chi connectivity index (χ4n) is 3.44. The van der Waals surface area contributed by atoms with Crippen LogP contribution in [0.3, 0.4) is 0 Å². The van der Waals surface area contributed by atoms with Gasteiger partial charge in [-0.25, -0.2) is 0 Å². The van der Waals surface area contributed by atoms with Gasteiger partial charge in [0, 0.05) is 51.9 Å². The molecule has 2 fully saturated rings. The minimum atomic E-state index is -0.217. The molecule has 1 aromatic rings. The van der Waals surface area contributed by atoms with Crippen molar-refractivity contribution < 1.29 is 14.3 Å². The molecule has 7 nitrogen and oxygen atoms in total. The monoisotopic (exact) mass is 346 g/mol. The summed E-state index contributed by atoms with van der Waals surface area (Å²) in [4.78, 5) is 31.8. The molecule has 136 valence electrons. The van der Waals surface area contributed by atoms with E-state index in [0.29, 0.717) is 17.9 Å². The molecule has 0 aromatic carbocycles. The highest BCUT2D eigenvalue weighted by atomic mass is 16.5. The molecule has 2 aliphatic rings. The van der Waals surface area contributed by atoms with E-state index in [1.807, 2.05) is 4.90 Å². The van der Waals surface area contributed by atoms with E-state index in [4.69, 9.17) is 4.74 Å². The van der Waals surface area contributed by atoms with Gasteiger partial charge in [0.05, 0.1) is 0 Å². The third-order valence-electron chi connectivity index (χ3n) is 4.81. The van der Waals surface area contributed by atoms with E-state index in [9.17, 15) is 9.59 Å². The molecule has 1 N–H and O–H groups in total. The zero-order chi connectivity index (χ0) is 17.6. The Hall–Kier alpha value is -2.15. The topological polar surface area (TPSA) is 74.8 Å². The first kappa shape index (κ1) is 17.7. The molecule has 0 bridgehead atoms. The third kappa shape index (κ3) is 4.69. The van der Waals surface area contributed by atoms with Crippen molar-refractivity contribution in [2.75, 3.05) is 39.8 Å². The molecule has 0 radical (unpaired) electrons. The number of nitrogens with zero attached hydrogens (tertiary/aromatic N) is 3. The fraction of sp³-hybridized carbons (Fsp3) is 0.611. The summed E-state index contributed by atoms with van der Waals surface area (Å²) < 4.78 is 6.07. The van der Waals surface area contributed by atoms with Crippen molar-refractivity contribution in [3.8, 4) is 5.75 Å². The SMILES string of the molecule is CNC(=O)c1cc(OC2CCCN(CCN3CCCC3=O)C2)ccn1. The first-order chi connectivity index (χ1) is 12.2. The van der Waals surface area contributed by atoms with E-state index in [0.717, 1.165) is 52.0 Å². The molecule has 0 saturated carbocycles. The highest BCUT2D eigenvalue weighted by Gasteiger charge is 2.24. The van der Waals surface area contributed by atoms with Gasteiger partial charge in [0.2, 0.25) is 5.91 Å². The first-order valence-corrected chi connectivity index (χ1v) is 9.00. The number of hydrogen-bond acceptors (Lipinski definition) is 5. The van der Waals surface area contributed by atoms with Crippen LogP contribution in [0.2, 0.25) is 0 Å². The number of carbonyl (C=O) groups is 2. The van der Waals surface area contributed by atoms with Crippen LogP contribution in [0, 0.1) is 0 Å². The van der Waals surface area contributed by atoms with Crippen LogP contribution in [0.5, 0.6) is 5.75 Å². The Labute approximate surface area is 148 Å². The van der Waals surface area contributed by atoms with Gasteiger partial charge in [0.1, 0.15) is 17.5 Å². The van der Waals surface area contributed by atoms with Crippen LogP contribution >= 0.6 is 0 Å². The molecule has 3 rings (SSSR count). The summed E-state index contributed by atoms with van der Waals surface area (Å²) in [6.07, 6.45) is 5.45. The molecular formula is C18H26N4O3. The summed E-state index contributed by atoms with van der Waals surface area (Å²) in [5.74, 6) is 0.740. The van der Waals surface area contributed by atoms with Gasteiger partial charge in [-0.3, -0.25) is 19.5 Å². The minimum Gasteiger partial charge on any atom is -0.489 e. The van der Waals surface area contributed by atoms with Gasteiger partial charge in [-0.1, -0.05) is 0 Å². The standard InChI is InChI=1S/C18H26N4O3/c1-19-18(24)16-12-14(6-7-20-16)25-15-4-2-8-21(13-15)10-11-22-9-3-5-17(22)23/h6-7,12,15H,2-5,8-11,13H2,1H3,(H,19,24). The van der Waals surface area contributed by atoms with Gasteiger partial charge in [-0.15, -0.1) is 0 Å². The molecule has 7 heteroatoms. The van der Waals surface area contributed by atoms with Gasteiger partial charge < -0.3 is 15.0 Å². The largest absolute Gasteiger partial charge is 0.489 e. The van der Waals surface area contributed by atoms with Crippen molar-refractivity contribution in [1.82, 2.24) is 20.1 Å². The summed E-state index contributed by atoms with van der Waals surface area (Å²) in [5.41, 5.74) is 0.361. The van der Waals surface area contributed by atoms with E-state index in [1.54, 1.807) is 25.4 Å². The predicted octanol–water partition coefficient (Wildman–Crippen LogP) is 0.907. The number of piperidine rings is 1. The van der Waals surface area contributed by atoms with Gasteiger partial charge in [0.25, 0.3) is 5.91 Å². The van der Waals surface area contributed by atoms with Crippen LogP contribution in [0.25, 0.3) is 0 Å². The van der Waals surface area contributed by atoms with Crippen molar-refractivity contribution in [2.45, 2.75) is 31.8 Å². The van der Waals surface area contributed by atoms with Crippen LogP contribution in [-0.4, -0.2) is 72.5 Å². The van der Waals surface area contributed by atoms with Crippen LogP contribution in [0.15, 0.2) is 18.3 Å². The molecule has 2 amide bonds. The molecule has 1 atom stereocenters. The first-order valence-electron chi connectivity index (χ1n) is 9.00. The quantitative estimate of drug-likeness (QED) is 0.829. The van der Waals surface area contributed by atoms with E-state index in [1.165, 1.54) is 0 Å². The van der Waals surface area contributed by atoms with Crippen LogP contribution in [0.4, 0.5) is 0 Å². The molecular weight excluding hydrogens is 320 g/mol. The van der Waals surface area contributed by atoms with Gasteiger partial charge in [-0.2, -0.15) is 0 Å². The highest BCUT2D eigenvalue weighted by Crippen LogP contribution is 2.19.